The van der Waals surface area contributed by atoms with Gasteiger partial charge < -0.3 is 5.32 Å². The number of aromatic amines is 1. The molecule has 1 aliphatic heterocycles. The number of nitrogens with zero attached hydrogens (tertiary/aromatic N) is 3. The van der Waals surface area contributed by atoms with Crippen LogP contribution in [-0.4, -0.2) is 39.7 Å². The first-order chi connectivity index (χ1) is 11.9. The van der Waals surface area contributed by atoms with E-state index in [9.17, 15) is 0 Å². The summed E-state index contributed by atoms with van der Waals surface area (Å²) in [6, 6.07) is 17.0. The second kappa shape index (κ2) is 8.25. The van der Waals surface area contributed by atoms with Crippen LogP contribution in [0, 0.1) is 0 Å². The predicted octanol–water partition coefficient (Wildman–Crippen LogP) is 3.04. The highest BCUT2D eigenvalue weighted by Crippen LogP contribution is 2.24. The van der Waals surface area contributed by atoms with Gasteiger partial charge in [0, 0.05) is 55.9 Å². The molecule has 3 aromatic rings. The van der Waals surface area contributed by atoms with Crippen LogP contribution in [0.25, 0.3) is 11.3 Å². The number of piperazine rings is 1. The molecule has 0 aliphatic carbocycles. The van der Waals surface area contributed by atoms with Crippen LogP contribution in [0.4, 0.5) is 0 Å². The largest absolute Gasteiger partial charge is 0.314 e. The van der Waals surface area contributed by atoms with Gasteiger partial charge in [0.05, 0.1) is 5.69 Å². The second-order valence-electron chi connectivity index (χ2n) is 6.12. The minimum atomic E-state index is 0. The third kappa shape index (κ3) is 4.07. The summed E-state index contributed by atoms with van der Waals surface area (Å²) in [5.74, 6) is 0. The average molecular weight is 356 g/mol. The summed E-state index contributed by atoms with van der Waals surface area (Å²) in [6.07, 6.45) is 3.73. The van der Waals surface area contributed by atoms with Gasteiger partial charge in [-0.05, 0) is 23.8 Å². The maximum atomic E-state index is 4.47. The van der Waals surface area contributed by atoms with Crippen LogP contribution in [0.5, 0.6) is 0 Å². The highest BCUT2D eigenvalue weighted by Gasteiger charge is 2.24. The van der Waals surface area contributed by atoms with Gasteiger partial charge in [-0.1, -0.05) is 30.3 Å². The number of halogens is 1. The first-order valence-corrected chi connectivity index (χ1v) is 8.34. The Bertz CT molecular complexity index is 775. The maximum absolute atomic E-state index is 4.47. The smallest absolute Gasteiger partial charge is 0.0924 e. The van der Waals surface area contributed by atoms with Gasteiger partial charge >= 0.3 is 0 Å². The van der Waals surface area contributed by atoms with E-state index in [0.29, 0.717) is 6.04 Å². The Balaban J connectivity index is 0.00000182. The Morgan fingerprint density at radius 2 is 1.88 bits per heavy atom. The van der Waals surface area contributed by atoms with E-state index in [-0.39, 0.29) is 12.4 Å². The minimum Gasteiger partial charge on any atom is -0.314 e. The first kappa shape index (κ1) is 17.6. The molecule has 2 N–H and O–H groups in total. The molecule has 2 aromatic heterocycles. The third-order valence-corrected chi connectivity index (χ3v) is 4.52. The van der Waals surface area contributed by atoms with Gasteiger partial charge in [-0.2, -0.15) is 5.10 Å². The quantitative estimate of drug-likeness (QED) is 0.755. The standard InChI is InChI=1S/C19H21N5.ClH/c1-2-4-15(5-3-1)18-12-17(22-23-18)14-24-11-10-21-13-19(24)16-6-8-20-9-7-16;/h1-9,12,19,21H,10-11,13-14H2,(H,22,23);1H. The summed E-state index contributed by atoms with van der Waals surface area (Å²) >= 11 is 0. The highest BCUT2D eigenvalue weighted by molar-refractivity contribution is 5.85. The molecular formula is C19H22ClN5. The zero-order chi connectivity index (χ0) is 16.2. The molecule has 1 aliphatic rings. The first-order valence-electron chi connectivity index (χ1n) is 8.34. The van der Waals surface area contributed by atoms with Gasteiger partial charge in [0.2, 0.25) is 0 Å². The number of hydrogen-bond donors (Lipinski definition) is 2. The van der Waals surface area contributed by atoms with Crippen molar-refractivity contribution in [2.75, 3.05) is 19.6 Å². The topological polar surface area (TPSA) is 56.8 Å². The second-order valence-corrected chi connectivity index (χ2v) is 6.12. The van der Waals surface area contributed by atoms with E-state index in [1.807, 2.05) is 30.6 Å². The molecule has 4 rings (SSSR count). The third-order valence-electron chi connectivity index (χ3n) is 4.52. The van der Waals surface area contributed by atoms with Crippen molar-refractivity contribution in [1.82, 2.24) is 25.4 Å². The van der Waals surface area contributed by atoms with Gasteiger partial charge in [-0.3, -0.25) is 15.0 Å². The fourth-order valence-electron chi connectivity index (χ4n) is 3.27. The van der Waals surface area contributed by atoms with Gasteiger partial charge in [0.15, 0.2) is 0 Å². The lowest BCUT2D eigenvalue weighted by molar-refractivity contribution is 0.152. The van der Waals surface area contributed by atoms with Gasteiger partial charge in [0.1, 0.15) is 0 Å². The van der Waals surface area contributed by atoms with Crippen LogP contribution in [0.3, 0.4) is 0 Å². The SMILES string of the molecule is Cl.c1ccc(-c2cc(CN3CCNCC3c3ccncc3)[nH]n2)cc1. The van der Waals surface area contributed by atoms with Crippen molar-refractivity contribution in [3.05, 3.63) is 72.2 Å². The molecule has 130 valence electrons. The summed E-state index contributed by atoms with van der Waals surface area (Å²) in [5.41, 5.74) is 4.60. The molecule has 25 heavy (non-hydrogen) atoms. The molecule has 0 radical (unpaired) electrons. The zero-order valence-electron chi connectivity index (χ0n) is 13.9. The van der Waals surface area contributed by atoms with Gasteiger partial charge in [-0.25, -0.2) is 0 Å². The molecule has 3 heterocycles. The predicted molar refractivity (Wildman–Crippen MR) is 102 cm³/mol. The van der Waals surface area contributed by atoms with Crippen molar-refractivity contribution >= 4 is 12.4 Å². The average Bonchev–Trinajstić information content (AvgIpc) is 3.12. The lowest BCUT2D eigenvalue weighted by atomic mass is 10.0. The monoisotopic (exact) mass is 355 g/mol. The molecule has 1 fully saturated rings. The Hall–Kier alpha value is -2.21. The molecule has 0 saturated carbocycles. The molecule has 0 bridgehead atoms. The fourth-order valence-corrected chi connectivity index (χ4v) is 3.27. The van der Waals surface area contributed by atoms with Crippen LogP contribution < -0.4 is 5.32 Å². The van der Waals surface area contributed by atoms with Crippen molar-refractivity contribution in [3.8, 4) is 11.3 Å². The molecule has 5 nitrogen and oxygen atoms in total. The molecule has 6 heteroatoms. The Kier molecular flexibility index (Phi) is 5.81. The van der Waals surface area contributed by atoms with Crippen LogP contribution in [-0.2, 0) is 6.54 Å². The summed E-state index contributed by atoms with van der Waals surface area (Å²) in [4.78, 5) is 6.63. The van der Waals surface area contributed by atoms with Crippen molar-refractivity contribution in [2.24, 2.45) is 0 Å². The van der Waals surface area contributed by atoms with Crippen LogP contribution in [0.1, 0.15) is 17.3 Å². The van der Waals surface area contributed by atoms with Crippen molar-refractivity contribution in [3.63, 3.8) is 0 Å². The number of H-pyrrole nitrogens is 1. The van der Waals surface area contributed by atoms with E-state index in [2.05, 4.69) is 55.7 Å². The Morgan fingerprint density at radius 1 is 1.08 bits per heavy atom. The van der Waals surface area contributed by atoms with Crippen molar-refractivity contribution in [1.29, 1.82) is 0 Å². The molecule has 1 unspecified atom stereocenters. The number of nitrogens with one attached hydrogen (secondary N) is 2. The maximum Gasteiger partial charge on any atom is 0.0924 e. The normalized spacial score (nSPS) is 17.8. The number of rotatable bonds is 4. The number of pyridine rings is 1. The molecule has 1 saturated heterocycles. The molecule has 1 aromatic carbocycles. The Morgan fingerprint density at radius 3 is 2.68 bits per heavy atom. The van der Waals surface area contributed by atoms with Gasteiger partial charge in [-0.15, -0.1) is 12.4 Å². The zero-order valence-corrected chi connectivity index (χ0v) is 14.7. The van der Waals surface area contributed by atoms with E-state index in [1.165, 1.54) is 5.56 Å². The van der Waals surface area contributed by atoms with E-state index in [1.54, 1.807) is 0 Å². The van der Waals surface area contributed by atoms with Crippen molar-refractivity contribution in [2.45, 2.75) is 12.6 Å². The number of aromatic nitrogens is 3. The van der Waals surface area contributed by atoms with E-state index >= 15 is 0 Å². The fraction of sp³-hybridized carbons (Fsp3) is 0.263. The van der Waals surface area contributed by atoms with E-state index in [4.69, 9.17) is 0 Å². The Labute approximate surface area is 153 Å². The minimum absolute atomic E-state index is 0. The van der Waals surface area contributed by atoms with Gasteiger partial charge in [0.25, 0.3) is 0 Å². The van der Waals surface area contributed by atoms with Crippen LogP contribution in [0.2, 0.25) is 0 Å². The van der Waals surface area contributed by atoms with E-state index in [0.717, 1.165) is 43.1 Å². The number of benzene rings is 1. The molecular weight excluding hydrogens is 334 g/mol. The van der Waals surface area contributed by atoms with E-state index < -0.39 is 0 Å². The molecule has 0 amide bonds. The lowest BCUT2D eigenvalue weighted by Crippen LogP contribution is -2.45. The molecule has 1 atom stereocenters. The number of hydrogen-bond acceptors (Lipinski definition) is 4. The molecule has 0 spiro atoms. The summed E-state index contributed by atoms with van der Waals surface area (Å²) in [5, 5.41) is 11.2. The van der Waals surface area contributed by atoms with Crippen LogP contribution >= 0.6 is 12.4 Å². The highest BCUT2D eigenvalue weighted by atomic mass is 35.5. The summed E-state index contributed by atoms with van der Waals surface area (Å²) < 4.78 is 0. The summed E-state index contributed by atoms with van der Waals surface area (Å²) in [6.45, 7) is 3.87. The van der Waals surface area contributed by atoms with Crippen molar-refractivity contribution < 1.29 is 0 Å². The summed E-state index contributed by atoms with van der Waals surface area (Å²) in [7, 11) is 0. The van der Waals surface area contributed by atoms with Crippen LogP contribution in [0.15, 0.2) is 60.9 Å². The lowest BCUT2D eigenvalue weighted by Gasteiger charge is -2.36.